The zero-order chi connectivity index (χ0) is 12.5. The van der Waals surface area contributed by atoms with E-state index in [9.17, 15) is 0 Å². The number of pyridine rings is 1. The van der Waals surface area contributed by atoms with Gasteiger partial charge in [0.15, 0.2) is 0 Å². The Morgan fingerprint density at radius 1 is 1.33 bits per heavy atom. The molecule has 3 aromatic rings. The Labute approximate surface area is 110 Å². The van der Waals surface area contributed by atoms with E-state index in [0.29, 0.717) is 6.54 Å². The molecule has 0 atom stereocenters. The van der Waals surface area contributed by atoms with E-state index in [1.807, 2.05) is 0 Å². The maximum absolute atomic E-state index is 5.73. The number of aromatic nitrogens is 2. The Hall–Kier alpha value is -1.65. The summed E-state index contributed by atoms with van der Waals surface area (Å²) in [5.41, 5.74) is 10.2. The molecule has 0 unspecified atom stereocenters. The van der Waals surface area contributed by atoms with E-state index < -0.39 is 0 Å². The van der Waals surface area contributed by atoms with Gasteiger partial charge >= 0.3 is 0 Å². The molecular formula is C14H15N3S. The lowest BCUT2D eigenvalue weighted by molar-refractivity contribution is 0.906. The highest BCUT2D eigenvalue weighted by molar-refractivity contribution is 7.13. The van der Waals surface area contributed by atoms with Gasteiger partial charge in [-0.05, 0) is 36.5 Å². The van der Waals surface area contributed by atoms with Gasteiger partial charge in [-0.15, -0.1) is 11.3 Å². The van der Waals surface area contributed by atoms with Gasteiger partial charge in [0.1, 0.15) is 11.3 Å². The van der Waals surface area contributed by atoms with Crippen LogP contribution in [0.4, 0.5) is 0 Å². The molecule has 0 bridgehead atoms. The Balaban J connectivity index is 2.30. The van der Waals surface area contributed by atoms with E-state index in [1.165, 1.54) is 16.1 Å². The van der Waals surface area contributed by atoms with Crippen molar-refractivity contribution in [2.75, 3.05) is 6.54 Å². The molecule has 0 aromatic carbocycles. The molecular weight excluding hydrogens is 242 g/mol. The summed E-state index contributed by atoms with van der Waals surface area (Å²) in [4.78, 5) is 6.00. The smallest absolute Gasteiger partial charge is 0.140 e. The number of fused-ring (bicyclic) bond motifs is 1. The van der Waals surface area contributed by atoms with Crippen molar-refractivity contribution in [1.29, 1.82) is 0 Å². The Morgan fingerprint density at radius 2 is 2.22 bits per heavy atom. The van der Waals surface area contributed by atoms with Gasteiger partial charge in [0.2, 0.25) is 0 Å². The van der Waals surface area contributed by atoms with Crippen LogP contribution in [0.3, 0.4) is 0 Å². The van der Waals surface area contributed by atoms with Gasteiger partial charge in [0.05, 0.1) is 10.6 Å². The van der Waals surface area contributed by atoms with Gasteiger partial charge in [-0.1, -0.05) is 12.1 Å². The maximum atomic E-state index is 5.73. The van der Waals surface area contributed by atoms with Crippen molar-refractivity contribution in [1.82, 2.24) is 9.38 Å². The second-order valence-corrected chi connectivity index (χ2v) is 5.26. The van der Waals surface area contributed by atoms with E-state index in [-0.39, 0.29) is 0 Å². The summed E-state index contributed by atoms with van der Waals surface area (Å²) in [6, 6.07) is 8.32. The molecule has 3 heterocycles. The first-order valence-corrected chi connectivity index (χ1v) is 6.89. The summed E-state index contributed by atoms with van der Waals surface area (Å²) >= 11 is 1.72. The van der Waals surface area contributed by atoms with Crippen LogP contribution in [0.1, 0.15) is 11.3 Å². The summed E-state index contributed by atoms with van der Waals surface area (Å²) in [5.74, 6) is 0. The summed E-state index contributed by atoms with van der Waals surface area (Å²) in [7, 11) is 0. The number of nitrogens with two attached hydrogens (primary N) is 1. The van der Waals surface area contributed by atoms with E-state index in [0.717, 1.165) is 17.8 Å². The largest absolute Gasteiger partial charge is 0.330 e. The highest BCUT2D eigenvalue weighted by Gasteiger charge is 2.14. The number of rotatable bonds is 3. The van der Waals surface area contributed by atoms with Gasteiger partial charge in [-0.2, -0.15) is 0 Å². The van der Waals surface area contributed by atoms with Crippen LogP contribution < -0.4 is 5.73 Å². The molecule has 0 radical (unpaired) electrons. The molecule has 0 saturated heterocycles. The molecule has 92 valence electrons. The third-order valence-corrected chi connectivity index (χ3v) is 3.96. The fourth-order valence-corrected chi connectivity index (χ4v) is 2.98. The minimum Gasteiger partial charge on any atom is -0.330 e. The van der Waals surface area contributed by atoms with Crippen molar-refractivity contribution < 1.29 is 0 Å². The summed E-state index contributed by atoms with van der Waals surface area (Å²) in [6.07, 6.45) is 2.91. The fourth-order valence-electron chi connectivity index (χ4n) is 2.24. The molecule has 18 heavy (non-hydrogen) atoms. The number of aryl methyl sites for hydroxylation is 1. The normalized spacial score (nSPS) is 11.2. The molecule has 0 aliphatic carbocycles. The topological polar surface area (TPSA) is 43.3 Å². The summed E-state index contributed by atoms with van der Waals surface area (Å²) in [6.45, 7) is 2.73. The van der Waals surface area contributed by atoms with Gasteiger partial charge in [0, 0.05) is 12.6 Å². The van der Waals surface area contributed by atoms with Crippen molar-refractivity contribution in [2.24, 2.45) is 5.73 Å². The first kappa shape index (κ1) is 11.4. The fraction of sp³-hybridized carbons (Fsp3) is 0.214. The average molecular weight is 257 g/mol. The van der Waals surface area contributed by atoms with Crippen molar-refractivity contribution in [3.05, 3.63) is 47.1 Å². The first-order valence-electron chi connectivity index (χ1n) is 6.01. The number of nitrogens with zero attached hydrogens (tertiary/aromatic N) is 2. The van der Waals surface area contributed by atoms with Crippen LogP contribution in [0.25, 0.3) is 16.2 Å². The van der Waals surface area contributed by atoms with E-state index in [4.69, 9.17) is 10.7 Å². The predicted molar refractivity (Wildman–Crippen MR) is 76.0 cm³/mol. The zero-order valence-corrected chi connectivity index (χ0v) is 11.1. The highest BCUT2D eigenvalue weighted by atomic mass is 32.1. The lowest BCUT2D eigenvalue weighted by atomic mass is 10.2. The second kappa shape index (κ2) is 4.55. The Morgan fingerprint density at radius 3 is 2.94 bits per heavy atom. The minimum atomic E-state index is 0.639. The van der Waals surface area contributed by atoms with Crippen molar-refractivity contribution in [3.63, 3.8) is 0 Å². The van der Waals surface area contributed by atoms with Crippen molar-refractivity contribution in [2.45, 2.75) is 13.3 Å². The minimum absolute atomic E-state index is 0.639. The van der Waals surface area contributed by atoms with E-state index in [2.05, 4.69) is 47.2 Å². The van der Waals surface area contributed by atoms with Crippen molar-refractivity contribution in [3.8, 4) is 10.6 Å². The molecule has 0 amide bonds. The Kier molecular flexibility index (Phi) is 2.89. The van der Waals surface area contributed by atoms with Crippen LogP contribution in [-0.4, -0.2) is 15.9 Å². The van der Waals surface area contributed by atoms with Crippen LogP contribution in [0.5, 0.6) is 0 Å². The van der Waals surface area contributed by atoms with Crippen LogP contribution in [0.2, 0.25) is 0 Å². The monoisotopic (exact) mass is 257 g/mol. The lowest BCUT2D eigenvalue weighted by Gasteiger charge is -2.02. The van der Waals surface area contributed by atoms with Gasteiger partial charge < -0.3 is 10.1 Å². The zero-order valence-electron chi connectivity index (χ0n) is 10.3. The van der Waals surface area contributed by atoms with Crippen LogP contribution in [0.15, 0.2) is 35.8 Å². The standard InChI is InChI=1S/C14H15N3S/c1-10-4-2-8-17-11(6-7-15)13(16-14(10)17)12-5-3-9-18-12/h2-5,8-9H,6-7,15H2,1H3. The molecule has 2 N–H and O–H groups in total. The summed E-state index contributed by atoms with van der Waals surface area (Å²) in [5, 5.41) is 2.08. The SMILES string of the molecule is Cc1cccn2c(CCN)c(-c3cccs3)nc12. The Bertz CT molecular complexity index is 668. The highest BCUT2D eigenvalue weighted by Crippen LogP contribution is 2.29. The van der Waals surface area contributed by atoms with Gasteiger partial charge in [-0.25, -0.2) is 4.98 Å². The third kappa shape index (κ3) is 1.74. The second-order valence-electron chi connectivity index (χ2n) is 4.31. The number of thiophene rings is 1. The quantitative estimate of drug-likeness (QED) is 0.784. The molecule has 3 aromatic heterocycles. The maximum Gasteiger partial charge on any atom is 0.140 e. The average Bonchev–Trinajstić information content (AvgIpc) is 2.98. The molecule has 3 rings (SSSR count). The molecule has 0 saturated carbocycles. The first-order chi connectivity index (χ1) is 8.81. The summed E-state index contributed by atoms with van der Waals surface area (Å²) < 4.78 is 2.16. The molecule has 0 aliphatic rings. The number of imidazole rings is 1. The number of hydrogen-bond acceptors (Lipinski definition) is 3. The van der Waals surface area contributed by atoms with E-state index in [1.54, 1.807) is 11.3 Å². The van der Waals surface area contributed by atoms with Gasteiger partial charge in [0.25, 0.3) is 0 Å². The van der Waals surface area contributed by atoms with Crippen LogP contribution in [-0.2, 0) is 6.42 Å². The van der Waals surface area contributed by atoms with Crippen molar-refractivity contribution >= 4 is 17.0 Å². The lowest BCUT2D eigenvalue weighted by Crippen LogP contribution is -2.06. The van der Waals surface area contributed by atoms with Gasteiger partial charge in [-0.3, -0.25) is 0 Å². The van der Waals surface area contributed by atoms with Crippen LogP contribution in [0, 0.1) is 6.92 Å². The number of hydrogen-bond donors (Lipinski definition) is 1. The molecule has 3 nitrogen and oxygen atoms in total. The molecule has 0 aliphatic heterocycles. The van der Waals surface area contributed by atoms with E-state index >= 15 is 0 Å². The molecule has 4 heteroatoms. The predicted octanol–water partition coefficient (Wildman–Crippen LogP) is 2.87. The third-order valence-electron chi connectivity index (χ3n) is 3.08. The molecule has 0 fully saturated rings. The molecule has 0 spiro atoms. The van der Waals surface area contributed by atoms with Crippen LogP contribution >= 0.6 is 11.3 Å².